The first-order valence-corrected chi connectivity index (χ1v) is 7.42. The molecule has 0 fully saturated rings. The van der Waals surface area contributed by atoms with E-state index < -0.39 is 5.82 Å². The van der Waals surface area contributed by atoms with E-state index in [4.69, 9.17) is 17.3 Å². The van der Waals surface area contributed by atoms with Gasteiger partial charge in [-0.2, -0.15) is 0 Å². The van der Waals surface area contributed by atoms with Crippen molar-refractivity contribution in [2.75, 3.05) is 5.73 Å². The molecule has 1 heterocycles. The molecule has 2 nitrogen and oxygen atoms in total. The Hall–Kier alpha value is -1.30. The molecule has 1 aromatic heterocycles. The SMILES string of the molecule is Nc1cc(F)c(Cl)cc1Sc1nc2ccccc2s1. The van der Waals surface area contributed by atoms with Gasteiger partial charge in [0.2, 0.25) is 0 Å². The second kappa shape index (κ2) is 5.00. The number of hydrogen-bond donors (Lipinski definition) is 1. The van der Waals surface area contributed by atoms with Gasteiger partial charge in [0.15, 0.2) is 4.34 Å². The Morgan fingerprint density at radius 2 is 2.05 bits per heavy atom. The van der Waals surface area contributed by atoms with Gasteiger partial charge < -0.3 is 5.73 Å². The number of hydrogen-bond acceptors (Lipinski definition) is 4. The minimum atomic E-state index is -0.507. The lowest BCUT2D eigenvalue weighted by Gasteiger charge is -2.04. The fourth-order valence-corrected chi connectivity index (χ4v) is 3.94. The second-order valence-electron chi connectivity index (χ2n) is 3.85. The van der Waals surface area contributed by atoms with E-state index >= 15 is 0 Å². The van der Waals surface area contributed by atoms with Gasteiger partial charge in [-0.05, 0) is 24.3 Å². The third kappa shape index (κ3) is 2.54. The van der Waals surface area contributed by atoms with Crippen molar-refractivity contribution in [3.8, 4) is 0 Å². The number of nitrogens with two attached hydrogens (primary N) is 1. The second-order valence-corrected chi connectivity index (χ2v) is 6.58. The van der Waals surface area contributed by atoms with Crippen LogP contribution in [-0.4, -0.2) is 4.98 Å². The summed E-state index contributed by atoms with van der Waals surface area (Å²) in [5.41, 5.74) is 7.10. The van der Waals surface area contributed by atoms with Crippen LogP contribution < -0.4 is 5.73 Å². The summed E-state index contributed by atoms with van der Waals surface area (Å²) in [7, 11) is 0. The molecule has 0 radical (unpaired) electrons. The fraction of sp³-hybridized carbons (Fsp3) is 0. The van der Waals surface area contributed by atoms with E-state index in [1.165, 1.54) is 23.9 Å². The van der Waals surface area contributed by atoms with Gasteiger partial charge in [0, 0.05) is 10.6 Å². The topological polar surface area (TPSA) is 38.9 Å². The van der Waals surface area contributed by atoms with E-state index in [9.17, 15) is 4.39 Å². The van der Waals surface area contributed by atoms with Crippen LogP contribution in [0.4, 0.5) is 10.1 Å². The minimum Gasteiger partial charge on any atom is -0.398 e. The van der Waals surface area contributed by atoms with E-state index in [0.717, 1.165) is 14.6 Å². The maximum atomic E-state index is 13.2. The van der Waals surface area contributed by atoms with E-state index in [2.05, 4.69) is 4.98 Å². The number of rotatable bonds is 2. The number of benzene rings is 2. The number of nitrogen functional groups attached to an aromatic ring is 1. The van der Waals surface area contributed by atoms with Crippen LogP contribution in [0.15, 0.2) is 45.6 Å². The first-order chi connectivity index (χ1) is 9.13. The molecule has 0 saturated carbocycles. The Kier molecular flexibility index (Phi) is 3.35. The van der Waals surface area contributed by atoms with Crippen LogP contribution in [0, 0.1) is 5.82 Å². The Bertz CT molecular complexity index is 724. The number of aromatic nitrogens is 1. The van der Waals surface area contributed by atoms with E-state index in [1.807, 2.05) is 24.3 Å². The highest BCUT2D eigenvalue weighted by atomic mass is 35.5. The fourth-order valence-electron chi connectivity index (χ4n) is 1.62. The number of fused-ring (bicyclic) bond motifs is 1. The van der Waals surface area contributed by atoms with Gasteiger partial charge in [0.25, 0.3) is 0 Å². The number of nitrogens with zero attached hydrogens (tertiary/aromatic N) is 1. The molecule has 0 bridgehead atoms. The maximum absolute atomic E-state index is 13.2. The van der Waals surface area contributed by atoms with Gasteiger partial charge in [-0.3, -0.25) is 0 Å². The van der Waals surface area contributed by atoms with Crippen molar-refractivity contribution in [2.24, 2.45) is 0 Å². The molecule has 0 saturated heterocycles. The molecule has 0 aliphatic rings. The molecule has 0 aliphatic carbocycles. The first kappa shape index (κ1) is 12.7. The summed E-state index contributed by atoms with van der Waals surface area (Å²) in [5, 5.41) is 0.0674. The number of halogens is 2. The zero-order valence-corrected chi connectivity index (χ0v) is 12.0. The predicted octanol–water partition coefficient (Wildman–Crippen LogP) is 4.82. The van der Waals surface area contributed by atoms with Crippen LogP contribution >= 0.6 is 34.7 Å². The van der Waals surface area contributed by atoms with Crippen molar-refractivity contribution in [2.45, 2.75) is 9.24 Å². The number of para-hydroxylation sites is 1. The highest BCUT2D eigenvalue weighted by molar-refractivity contribution is 8.01. The molecule has 96 valence electrons. The smallest absolute Gasteiger partial charge is 0.155 e. The van der Waals surface area contributed by atoms with Crippen molar-refractivity contribution in [1.29, 1.82) is 0 Å². The third-order valence-corrected chi connectivity index (χ3v) is 4.98. The molecule has 0 unspecified atom stereocenters. The molecule has 0 aliphatic heterocycles. The van der Waals surface area contributed by atoms with Crippen LogP contribution in [0.5, 0.6) is 0 Å². The molecule has 6 heteroatoms. The largest absolute Gasteiger partial charge is 0.398 e. The zero-order valence-electron chi connectivity index (χ0n) is 9.56. The van der Waals surface area contributed by atoms with Gasteiger partial charge in [-0.25, -0.2) is 9.37 Å². The van der Waals surface area contributed by atoms with E-state index in [-0.39, 0.29) is 5.02 Å². The monoisotopic (exact) mass is 310 g/mol. The predicted molar refractivity (Wildman–Crippen MR) is 79.6 cm³/mol. The molecular weight excluding hydrogens is 303 g/mol. The van der Waals surface area contributed by atoms with Crippen LogP contribution in [-0.2, 0) is 0 Å². The molecule has 0 atom stereocenters. The number of anilines is 1. The third-order valence-electron chi connectivity index (χ3n) is 2.52. The highest BCUT2D eigenvalue weighted by Crippen LogP contribution is 2.38. The summed E-state index contributed by atoms with van der Waals surface area (Å²) in [4.78, 5) is 5.20. The van der Waals surface area contributed by atoms with Gasteiger partial charge in [-0.15, -0.1) is 11.3 Å². The van der Waals surface area contributed by atoms with Crippen LogP contribution in [0.2, 0.25) is 5.02 Å². The highest BCUT2D eigenvalue weighted by Gasteiger charge is 2.10. The van der Waals surface area contributed by atoms with Gasteiger partial charge in [0.1, 0.15) is 5.82 Å². The molecule has 0 amide bonds. The summed E-state index contributed by atoms with van der Waals surface area (Å²) >= 11 is 8.73. The Balaban J connectivity index is 1.98. The van der Waals surface area contributed by atoms with Gasteiger partial charge >= 0.3 is 0 Å². The molecular formula is C13H8ClFN2S2. The standard InChI is InChI=1S/C13H8ClFN2S2/c14-7-5-12(9(16)6-8(7)15)19-13-17-10-3-1-2-4-11(10)18-13/h1-6H,16H2. The average molecular weight is 311 g/mol. The minimum absolute atomic E-state index is 0.0674. The van der Waals surface area contributed by atoms with Crippen LogP contribution in [0.1, 0.15) is 0 Å². The summed E-state index contributed by atoms with van der Waals surface area (Å²) < 4.78 is 15.2. The van der Waals surface area contributed by atoms with E-state index in [1.54, 1.807) is 11.3 Å². The normalized spacial score (nSPS) is 11.1. The lowest BCUT2D eigenvalue weighted by atomic mass is 10.3. The van der Waals surface area contributed by atoms with Crippen molar-refractivity contribution < 1.29 is 4.39 Å². The van der Waals surface area contributed by atoms with Gasteiger partial charge in [0.05, 0.1) is 15.2 Å². The van der Waals surface area contributed by atoms with Gasteiger partial charge in [-0.1, -0.05) is 35.5 Å². The van der Waals surface area contributed by atoms with Crippen molar-refractivity contribution in [1.82, 2.24) is 4.98 Å². The molecule has 3 rings (SSSR count). The molecule has 2 N–H and O–H groups in total. The molecule has 2 aromatic carbocycles. The lowest BCUT2D eigenvalue weighted by molar-refractivity contribution is 0.628. The van der Waals surface area contributed by atoms with Crippen LogP contribution in [0.25, 0.3) is 10.2 Å². The average Bonchev–Trinajstić information content (AvgIpc) is 2.78. The number of thiazole rings is 1. The molecule has 19 heavy (non-hydrogen) atoms. The summed E-state index contributed by atoms with van der Waals surface area (Å²) in [6.45, 7) is 0. The van der Waals surface area contributed by atoms with Crippen molar-refractivity contribution in [3.63, 3.8) is 0 Å². The Morgan fingerprint density at radius 1 is 1.26 bits per heavy atom. The Labute approximate surface area is 122 Å². The first-order valence-electron chi connectivity index (χ1n) is 5.41. The summed E-state index contributed by atoms with van der Waals surface area (Å²) in [5.74, 6) is -0.507. The van der Waals surface area contributed by atoms with Crippen LogP contribution in [0.3, 0.4) is 0 Å². The quantitative estimate of drug-likeness (QED) is 0.690. The van der Waals surface area contributed by atoms with Crippen molar-refractivity contribution >= 4 is 50.6 Å². The van der Waals surface area contributed by atoms with E-state index in [0.29, 0.717) is 10.6 Å². The molecule has 0 spiro atoms. The Morgan fingerprint density at radius 3 is 2.84 bits per heavy atom. The maximum Gasteiger partial charge on any atom is 0.155 e. The lowest BCUT2D eigenvalue weighted by Crippen LogP contribution is -1.90. The van der Waals surface area contributed by atoms with Crippen molar-refractivity contribution in [3.05, 3.63) is 47.2 Å². The zero-order chi connectivity index (χ0) is 13.4. The summed E-state index contributed by atoms with van der Waals surface area (Å²) in [6.07, 6.45) is 0. The summed E-state index contributed by atoms with van der Waals surface area (Å²) in [6, 6.07) is 10.6. The molecule has 3 aromatic rings.